The summed E-state index contributed by atoms with van der Waals surface area (Å²) in [5.41, 5.74) is 0.571. The third-order valence-electron chi connectivity index (χ3n) is 4.25. The molecule has 0 atom stereocenters. The van der Waals surface area contributed by atoms with Gasteiger partial charge in [0.05, 0.1) is 32.3 Å². The monoisotopic (exact) mass is 376 g/mol. The van der Waals surface area contributed by atoms with E-state index < -0.39 is 5.82 Å². The van der Waals surface area contributed by atoms with Crippen molar-refractivity contribution in [3.8, 4) is 17.5 Å². The molecule has 1 aromatic carbocycles. The highest BCUT2D eigenvalue weighted by atomic mass is 19.1. The van der Waals surface area contributed by atoms with Gasteiger partial charge in [0.2, 0.25) is 0 Å². The van der Waals surface area contributed by atoms with E-state index in [1.807, 2.05) is 0 Å². The maximum atomic E-state index is 12.8. The van der Waals surface area contributed by atoms with E-state index in [1.165, 1.54) is 7.11 Å². The number of likely N-dealkylation sites (tertiary alicyclic amines) is 1. The zero-order valence-electron chi connectivity index (χ0n) is 15.1. The Balaban J connectivity index is 1.53. The van der Waals surface area contributed by atoms with Crippen molar-refractivity contribution in [2.24, 2.45) is 0 Å². The summed E-state index contributed by atoms with van der Waals surface area (Å²) in [5.74, 6) is 0.656. The van der Waals surface area contributed by atoms with Gasteiger partial charge in [-0.25, -0.2) is 19.2 Å². The van der Waals surface area contributed by atoms with Gasteiger partial charge in [0, 0.05) is 32.0 Å². The minimum atomic E-state index is -0.511. The zero-order chi connectivity index (χ0) is 19.2. The van der Waals surface area contributed by atoms with Crippen LogP contribution in [0.15, 0.2) is 30.6 Å². The fourth-order valence-corrected chi connectivity index (χ4v) is 2.78. The van der Waals surface area contributed by atoms with Crippen LogP contribution in [0.2, 0.25) is 0 Å². The van der Waals surface area contributed by atoms with Crippen LogP contribution < -0.4 is 19.5 Å². The Kier molecular flexibility index (Phi) is 5.90. The minimum absolute atomic E-state index is 0.116. The Bertz CT molecular complexity index is 779. The Morgan fingerprint density at radius 2 is 1.89 bits per heavy atom. The number of rotatable bonds is 5. The Labute approximate surface area is 156 Å². The molecule has 0 unspecified atom stereocenters. The van der Waals surface area contributed by atoms with E-state index in [2.05, 4.69) is 15.3 Å². The maximum absolute atomic E-state index is 12.8. The van der Waals surface area contributed by atoms with Gasteiger partial charge in [-0.05, 0) is 12.1 Å². The summed E-state index contributed by atoms with van der Waals surface area (Å²) in [6, 6.07) is 5.12. The summed E-state index contributed by atoms with van der Waals surface area (Å²) in [7, 11) is 3.10. The van der Waals surface area contributed by atoms with Crippen molar-refractivity contribution in [1.82, 2.24) is 14.9 Å². The lowest BCUT2D eigenvalue weighted by Gasteiger charge is -2.31. The van der Waals surface area contributed by atoms with E-state index in [9.17, 15) is 9.18 Å². The van der Waals surface area contributed by atoms with Gasteiger partial charge >= 0.3 is 12.0 Å². The summed E-state index contributed by atoms with van der Waals surface area (Å²) >= 11 is 0. The summed E-state index contributed by atoms with van der Waals surface area (Å²) in [5, 5.41) is 2.85. The van der Waals surface area contributed by atoms with Gasteiger partial charge in [0.25, 0.3) is 0 Å². The molecule has 9 heteroatoms. The Morgan fingerprint density at radius 3 is 2.52 bits per heavy atom. The highest BCUT2D eigenvalue weighted by Crippen LogP contribution is 2.29. The second-order valence-electron chi connectivity index (χ2n) is 5.98. The number of amides is 2. The number of halogens is 1. The summed E-state index contributed by atoms with van der Waals surface area (Å²) in [6.07, 6.45) is 3.28. The van der Waals surface area contributed by atoms with E-state index in [1.54, 1.807) is 30.2 Å². The van der Waals surface area contributed by atoms with Crippen molar-refractivity contribution in [2.75, 3.05) is 32.6 Å². The largest absolute Gasteiger partial charge is 0.497 e. The molecule has 0 bridgehead atoms. The van der Waals surface area contributed by atoms with Crippen LogP contribution in [0.25, 0.3) is 0 Å². The number of urea groups is 1. The number of carbonyl (C=O) groups excluding carboxylic acids is 1. The summed E-state index contributed by atoms with van der Waals surface area (Å²) in [4.78, 5) is 21.8. The van der Waals surface area contributed by atoms with Crippen molar-refractivity contribution >= 4 is 11.7 Å². The van der Waals surface area contributed by atoms with E-state index in [0.29, 0.717) is 43.1 Å². The van der Waals surface area contributed by atoms with Gasteiger partial charge in [-0.2, -0.15) is 0 Å². The molecule has 0 radical (unpaired) electrons. The van der Waals surface area contributed by atoms with Crippen molar-refractivity contribution in [3.63, 3.8) is 0 Å². The number of ether oxygens (including phenoxy) is 3. The number of hydrogen-bond donors (Lipinski definition) is 1. The average Bonchev–Trinajstić information content (AvgIpc) is 2.70. The van der Waals surface area contributed by atoms with Crippen LogP contribution in [0.3, 0.4) is 0 Å². The molecular weight excluding hydrogens is 355 g/mol. The number of methoxy groups -OCH3 is 2. The van der Waals surface area contributed by atoms with Gasteiger partial charge in [-0.3, -0.25) is 0 Å². The number of aromatic nitrogens is 2. The van der Waals surface area contributed by atoms with E-state index in [-0.39, 0.29) is 18.1 Å². The molecule has 1 saturated heterocycles. The number of nitrogens with one attached hydrogen (secondary N) is 1. The first-order chi connectivity index (χ1) is 13.1. The third-order valence-corrected chi connectivity index (χ3v) is 4.25. The standard InChI is InChI=1S/C18H21FN4O4/c1-25-14-3-4-15(16(9-14)26-2)22-18(24)23-7-5-13(6-8-23)27-17-20-10-12(19)11-21-17/h3-4,9-11,13H,5-8H2,1-2H3,(H,22,24). The molecule has 144 valence electrons. The van der Waals surface area contributed by atoms with Crippen LogP contribution in [0.4, 0.5) is 14.9 Å². The number of nitrogens with zero attached hydrogens (tertiary/aromatic N) is 3. The van der Waals surface area contributed by atoms with E-state index >= 15 is 0 Å². The molecule has 2 heterocycles. The average molecular weight is 376 g/mol. The van der Waals surface area contributed by atoms with Crippen LogP contribution in [0.5, 0.6) is 17.5 Å². The number of piperidine rings is 1. The van der Waals surface area contributed by atoms with Gasteiger partial charge in [-0.1, -0.05) is 0 Å². The molecule has 27 heavy (non-hydrogen) atoms. The second-order valence-corrected chi connectivity index (χ2v) is 5.98. The fraction of sp³-hybridized carbons (Fsp3) is 0.389. The lowest BCUT2D eigenvalue weighted by atomic mass is 10.1. The first-order valence-corrected chi connectivity index (χ1v) is 8.51. The van der Waals surface area contributed by atoms with Crippen LogP contribution >= 0.6 is 0 Å². The van der Waals surface area contributed by atoms with Gasteiger partial charge in [-0.15, -0.1) is 0 Å². The second kappa shape index (κ2) is 8.52. The lowest BCUT2D eigenvalue weighted by molar-refractivity contribution is 0.107. The normalized spacial score (nSPS) is 14.6. The predicted octanol–water partition coefficient (Wildman–Crippen LogP) is 2.71. The van der Waals surface area contributed by atoms with Gasteiger partial charge in [0.15, 0.2) is 5.82 Å². The molecular formula is C18H21FN4O4. The van der Waals surface area contributed by atoms with Crippen molar-refractivity contribution in [1.29, 1.82) is 0 Å². The first kappa shape index (κ1) is 18.7. The van der Waals surface area contributed by atoms with Crippen LogP contribution in [-0.4, -0.2) is 54.3 Å². The molecule has 1 aliphatic heterocycles. The SMILES string of the molecule is COc1ccc(NC(=O)N2CCC(Oc3ncc(F)cn3)CC2)c(OC)c1. The fourth-order valence-electron chi connectivity index (χ4n) is 2.78. The Morgan fingerprint density at radius 1 is 1.19 bits per heavy atom. The number of anilines is 1. The number of hydrogen-bond acceptors (Lipinski definition) is 6. The molecule has 8 nitrogen and oxygen atoms in total. The van der Waals surface area contributed by atoms with Crippen molar-refractivity contribution in [3.05, 3.63) is 36.4 Å². The maximum Gasteiger partial charge on any atom is 0.321 e. The molecule has 1 N–H and O–H groups in total. The van der Waals surface area contributed by atoms with Gasteiger partial charge in [0.1, 0.15) is 17.6 Å². The molecule has 0 spiro atoms. The molecule has 0 saturated carbocycles. The molecule has 2 aromatic rings. The quantitative estimate of drug-likeness (QED) is 0.864. The number of benzene rings is 1. The highest BCUT2D eigenvalue weighted by Gasteiger charge is 2.25. The van der Waals surface area contributed by atoms with E-state index in [4.69, 9.17) is 14.2 Å². The smallest absolute Gasteiger partial charge is 0.321 e. The van der Waals surface area contributed by atoms with Crippen LogP contribution in [0.1, 0.15) is 12.8 Å². The molecule has 2 amide bonds. The zero-order valence-corrected chi connectivity index (χ0v) is 15.1. The molecule has 1 aliphatic rings. The van der Waals surface area contributed by atoms with E-state index in [0.717, 1.165) is 12.4 Å². The topological polar surface area (TPSA) is 85.8 Å². The van der Waals surface area contributed by atoms with Gasteiger partial charge < -0.3 is 24.4 Å². The summed E-state index contributed by atoms with van der Waals surface area (Å²) < 4.78 is 28.9. The third kappa shape index (κ3) is 4.75. The lowest BCUT2D eigenvalue weighted by Crippen LogP contribution is -2.43. The predicted molar refractivity (Wildman–Crippen MR) is 95.8 cm³/mol. The summed E-state index contributed by atoms with van der Waals surface area (Å²) in [6.45, 7) is 1.05. The molecule has 1 aromatic heterocycles. The number of carbonyl (C=O) groups is 1. The van der Waals surface area contributed by atoms with Crippen molar-refractivity contribution in [2.45, 2.75) is 18.9 Å². The highest BCUT2D eigenvalue weighted by molar-refractivity contribution is 5.91. The molecule has 1 fully saturated rings. The van der Waals surface area contributed by atoms with Crippen LogP contribution in [0, 0.1) is 5.82 Å². The Hall–Kier alpha value is -3.10. The molecule has 0 aliphatic carbocycles. The minimum Gasteiger partial charge on any atom is -0.497 e. The van der Waals surface area contributed by atoms with Crippen molar-refractivity contribution < 1.29 is 23.4 Å². The van der Waals surface area contributed by atoms with Crippen LogP contribution in [-0.2, 0) is 0 Å². The molecule has 3 rings (SSSR count). The first-order valence-electron chi connectivity index (χ1n) is 8.51.